The Kier molecular flexibility index (Phi) is 5.47. The molecule has 0 bridgehead atoms. The Morgan fingerprint density at radius 3 is 2.59 bits per heavy atom. The van der Waals surface area contributed by atoms with Crippen molar-refractivity contribution in [2.75, 3.05) is 6.54 Å². The SMILES string of the molecule is Cc1ccccc1C(=O)NCC(=O)N/N=C/c1c(O)ccc2ccccc12. The summed E-state index contributed by atoms with van der Waals surface area (Å²) in [6, 6.07) is 18.1. The first-order chi connectivity index (χ1) is 13.1. The highest BCUT2D eigenvalue weighted by Crippen LogP contribution is 2.25. The molecule has 3 aromatic rings. The fraction of sp³-hybridized carbons (Fsp3) is 0.0952. The zero-order valence-electron chi connectivity index (χ0n) is 14.8. The van der Waals surface area contributed by atoms with Crippen LogP contribution in [0.3, 0.4) is 0 Å². The van der Waals surface area contributed by atoms with E-state index in [0.29, 0.717) is 11.1 Å². The molecule has 136 valence electrons. The van der Waals surface area contributed by atoms with Crippen LogP contribution < -0.4 is 10.7 Å². The second kappa shape index (κ2) is 8.14. The molecular weight excluding hydrogens is 342 g/mol. The third-order valence-electron chi connectivity index (χ3n) is 4.13. The number of phenolic OH excluding ortho intramolecular Hbond substituents is 1. The van der Waals surface area contributed by atoms with Gasteiger partial charge in [0.05, 0.1) is 12.8 Å². The van der Waals surface area contributed by atoms with E-state index in [9.17, 15) is 14.7 Å². The number of aromatic hydroxyl groups is 1. The van der Waals surface area contributed by atoms with Gasteiger partial charge in [-0.05, 0) is 35.4 Å². The first-order valence-corrected chi connectivity index (χ1v) is 8.42. The minimum absolute atomic E-state index is 0.0690. The predicted molar refractivity (Wildman–Crippen MR) is 105 cm³/mol. The van der Waals surface area contributed by atoms with Crippen LogP contribution in [0.5, 0.6) is 5.75 Å². The molecule has 0 fully saturated rings. The summed E-state index contributed by atoms with van der Waals surface area (Å²) in [4.78, 5) is 24.0. The first kappa shape index (κ1) is 18.1. The average molecular weight is 361 g/mol. The van der Waals surface area contributed by atoms with Crippen LogP contribution in [0.15, 0.2) is 65.8 Å². The number of hydrogen-bond donors (Lipinski definition) is 3. The molecule has 0 unspecified atom stereocenters. The largest absolute Gasteiger partial charge is 0.507 e. The average Bonchev–Trinajstić information content (AvgIpc) is 2.68. The predicted octanol–water partition coefficient (Wildman–Crippen LogP) is 2.73. The van der Waals surface area contributed by atoms with Gasteiger partial charge in [-0.15, -0.1) is 0 Å². The molecule has 0 aliphatic carbocycles. The van der Waals surface area contributed by atoms with E-state index in [1.54, 1.807) is 18.2 Å². The molecular formula is C21H19N3O3. The second-order valence-corrected chi connectivity index (χ2v) is 6.01. The summed E-state index contributed by atoms with van der Waals surface area (Å²) in [5, 5.41) is 18.3. The molecule has 0 heterocycles. The number of phenols is 1. The lowest BCUT2D eigenvalue weighted by molar-refractivity contribution is -0.120. The molecule has 0 radical (unpaired) electrons. The van der Waals surface area contributed by atoms with Gasteiger partial charge in [0, 0.05) is 11.1 Å². The normalized spacial score (nSPS) is 10.9. The molecule has 0 atom stereocenters. The third kappa shape index (κ3) is 4.30. The Bertz CT molecular complexity index is 1030. The van der Waals surface area contributed by atoms with Gasteiger partial charge in [0.2, 0.25) is 0 Å². The van der Waals surface area contributed by atoms with E-state index < -0.39 is 5.91 Å². The molecule has 3 aromatic carbocycles. The minimum Gasteiger partial charge on any atom is -0.507 e. The molecule has 0 saturated carbocycles. The quantitative estimate of drug-likeness (QED) is 0.482. The Hall–Kier alpha value is -3.67. The number of amides is 2. The smallest absolute Gasteiger partial charge is 0.259 e. The summed E-state index contributed by atoms with van der Waals surface area (Å²) >= 11 is 0. The second-order valence-electron chi connectivity index (χ2n) is 6.01. The number of carbonyl (C=O) groups excluding carboxylic acids is 2. The number of fused-ring (bicyclic) bond motifs is 1. The highest BCUT2D eigenvalue weighted by molar-refractivity contribution is 6.02. The van der Waals surface area contributed by atoms with E-state index in [4.69, 9.17) is 0 Å². The van der Waals surface area contributed by atoms with Crippen LogP contribution in [0.4, 0.5) is 0 Å². The molecule has 3 N–H and O–H groups in total. The summed E-state index contributed by atoms with van der Waals surface area (Å²) in [6.07, 6.45) is 1.39. The van der Waals surface area contributed by atoms with Crippen molar-refractivity contribution in [3.05, 3.63) is 77.4 Å². The number of aryl methyl sites for hydroxylation is 1. The molecule has 27 heavy (non-hydrogen) atoms. The highest BCUT2D eigenvalue weighted by Gasteiger charge is 2.09. The summed E-state index contributed by atoms with van der Waals surface area (Å²) in [5.41, 5.74) is 4.22. The number of hydrazone groups is 1. The van der Waals surface area contributed by atoms with E-state index in [2.05, 4.69) is 15.8 Å². The molecule has 3 rings (SSSR count). The van der Waals surface area contributed by atoms with Crippen molar-refractivity contribution in [1.82, 2.24) is 10.7 Å². The topological polar surface area (TPSA) is 90.8 Å². The standard InChI is InChI=1S/C21H19N3O3/c1-14-6-2-4-8-16(14)21(27)22-13-20(26)24-23-12-18-17-9-5-3-7-15(17)10-11-19(18)25/h2-12,25H,13H2,1H3,(H,22,27)(H,24,26)/b23-12+. The van der Waals surface area contributed by atoms with Gasteiger partial charge < -0.3 is 10.4 Å². The number of nitrogens with zero attached hydrogens (tertiary/aromatic N) is 1. The highest BCUT2D eigenvalue weighted by atomic mass is 16.3. The molecule has 0 saturated heterocycles. The van der Waals surface area contributed by atoms with Crippen molar-refractivity contribution in [2.45, 2.75) is 6.92 Å². The van der Waals surface area contributed by atoms with Crippen molar-refractivity contribution in [1.29, 1.82) is 0 Å². The lowest BCUT2D eigenvalue weighted by Gasteiger charge is -2.07. The Morgan fingerprint density at radius 2 is 1.78 bits per heavy atom. The Morgan fingerprint density at radius 1 is 1.04 bits per heavy atom. The third-order valence-corrected chi connectivity index (χ3v) is 4.13. The first-order valence-electron chi connectivity index (χ1n) is 8.42. The number of benzene rings is 3. The maximum atomic E-state index is 12.1. The monoisotopic (exact) mass is 361 g/mol. The number of nitrogens with one attached hydrogen (secondary N) is 2. The van der Waals surface area contributed by atoms with Crippen molar-refractivity contribution in [3.63, 3.8) is 0 Å². The minimum atomic E-state index is -0.465. The van der Waals surface area contributed by atoms with Gasteiger partial charge in [-0.2, -0.15) is 5.10 Å². The van der Waals surface area contributed by atoms with Crippen molar-refractivity contribution in [3.8, 4) is 5.75 Å². The number of rotatable bonds is 5. The van der Waals surface area contributed by atoms with Crippen molar-refractivity contribution < 1.29 is 14.7 Å². The molecule has 6 heteroatoms. The van der Waals surface area contributed by atoms with Gasteiger partial charge in [0.15, 0.2) is 0 Å². The van der Waals surface area contributed by atoms with Crippen LogP contribution in [0.1, 0.15) is 21.5 Å². The van der Waals surface area contributed by atoms with Gasteiger partial charge in [-0.1, -0.05) is 48.5 Å². The fourth-order valence-corrected chi connectivity index (χ4v) is 2.71. The molecule has 0 aromatic heterocycles. The lowest BCUT2D eigenvalue weighted by Crippen LogP contribution is -2.35. The lowest BCUT2D eigenvalue weighted by atomic mass is 10.0. The van der Waals surface area contributed by atoms with E-state index in [0.717, 1.165) is 16.3 Å². The molecule has 0 aliphatic rings. The molecule has 6 nitrogen and oxygen atoms in total. The van der Waals surface area contributed by atoms with Gasteiger partial charge in [-0.3, -0.25) is 9.59 Å². The van der Waals surface area contributed by atoms with Crippen LogP contribution in [0.25, 0.3) is 10.8 Å². The maximum absolute atomic E-state index is 12.1. The van der Waals surface area contributed by atoms with Crippen molar-refractivity contribution >= 4 is 28.8 Å². The van der Waals surface area contributed by atoms with Crippen LogP contribution in [-0.4, -0.2) is 29.7 Å². The summed E-state index contributed by atoms with van der Waals surface area (Å²) in [5.74, 6) is -0.716. The number of hydrogen-bond acceptors (Lipinski definition) is 4. The van der Waals surface area contributed by atoms with Crippen LogP contribution in [0, 0.1) is 6.92 Å². The van der Waals surface area contributed by atoms with E-state index >= 15 is 0 Å². The van der Waals surface area contributed by atoms with Gasteiger partial charge >= 0.3 is 0 Å². The van der Waals surface area contributed by atoms with E-state index in [1.807, 2.05) is 49.4 Å². The molecule has 2 amide bonds. The zero-order chi connectivity index (χ0) is 19.2. The fourth-order valence-electron chi connectivity index (χ4n) is 2.71. The summed E-state index contributed by atoms with van der Waals surface area (Å²) < 4.78 is 0. The van der Waals surface area contributed by atoms with Gasteiger partial charge in [0.1, 0.15) is 5.75 Å². The van der Waals surface area contributed by atoms with Crippen LogP contribution in [-0.2, 0) is 4.79 Å². The summed E-state index contributed by atoms with van der Waals surface area (Å²) in [7, 11) is 0. The number of carbonyl (C=O) groups is 2. The Balaban J connectivity index is 1.61. The summed E-state index contributed by atoms with van der Waals surface area (Å²) in [6.45, 7) is 1.63. The van der Waals surface area contributed by atoms with Crippen molar-refractivity contribution in [2.24, 2.45) is 5.10 Å². The maximum Gasteiger partial charge on any atom is 0.259 e. The van der Waals surface area contributed by atoms with Gasteiger partial charge in [0.25, 0.3) is 11.8 Å². The molecule has 0 aliphatic heterocycles. The van der Waals surface area contributed by atoms with Gasteiger partial charge in [-0.25, -0.2) is 5.43 Å². The zero-order valence-corrected chi connectivity index (χ0v) is 14.8. The van der Waals surface area contributed by atoms with E-state index in [1.165, 1.54) is 6.21 Å². The van der Waals surface area contributed by atoms with E-state index in [-0.39, 0.29) is 18.2 Å². The van der Waals surface area contributed by atoms with Crippen LogP contribution in [0.2, 0.25) is 0 Å². The molecule has 0 spiro atoms. The van der Waals surface area contributed by atoms with Crippen LogP contribution >= 0.6 is 0 Å². The Labute approximate surface area is 156 Å².